The molecule has 0 radical (unpaired) electrons. The van der Waals surface area contributed by atoms with Crippen LogP contribution in [0.2, 0.25) is 0 Å². The van der Waals surface area contributed by atoms with Gasteiger partial charge < -0.3 is 15.1 Å². The molecule has 5 heteroatoms. The Labute approximate surface area is 127 Å². The molecule has 1 aliphatic heterocycles. The predicted octanol–water partition coefficient (Wildman–Crippen LogP) is 1.64. The molecule has 1 fully saturated rings. The molecule has 5 nitrogen and oxygen atoms in total. The Hall–Kier alpha value is -1.62. The van der Waals surface area contributed by atoms with Crippen LogP contribution in [0.25, 0.3) is 0 Å². The maximum Gasteiger partial charge on any atom is 0.240 e. The summed E-state index contributed by atoms with van der Waals surface area (Å²) in [5, 5.41) is 3.38. The molecule has 1 saturated heterocycles. The maximum atomic E-state index is 12.4. The Kier molecular flexibility index (Phi) is 4.52. The molecule has 1 aliphatic rings. The van der Waals surface area contributed by atoms with Crippen LogP contribution in [0, 0.1) is 0 Å². The van der Waals surface area contributed by atoms with Gasteiger partial charge in [-0.3, -0.25) is 4.79 Å². The first-order valence-corrected chi connectivity index (χ1v) is 7.46. The van der Waals surface area contributed by atoms with Crippen molar-refractivity contribution in [2.45, 2.75) is 45.3 Å². The second kappa shape index (κ2) is 6.02. The Morgan fingerprint density at radius 3 is 2.71 bits per heavy atom. The Balaban J connectivity index is 1.95. The zero-order chi connectivity index (χ0) is 15.6. The number of anilines is 1. The number of aromatic nitrogens is 1. The van der Waals surface area contributed by atoms with E-state index in [1.165, 1.54) is 0 Å². The number of hydrogen-bond donors (Lipinski definition) is 1. The molecular weight excluding hydrogens is 264 g/mol. The Bertz CT molecular complexity index is 507. The number of nitrogens with one attached hydrogen (secondary N) is 1. The Morgan fingerprint density at radius 2 is 2.14 bits per heavy atom. The molecule has 0 aliphatic carbocycles. The normalized spacial score (nSPS) is 19.2. The molecule has 1 N–H and O–H groups in total. The highest BCUT2D eigenvalue weighted by Gasteiger charge is 2.37. The SMILES string of the molecule is CN(C)c1cc(CNC2CCN(C(C)(C)C)C2=O)ccn1. The molecule has 0 aromatic carbocycles. The standard InChI is InChI=1S/C16H26N4O/c1-16(2,3)20-9-7-13(15(20)21)18-11-12-6-8-17-14(10-12)19(4)5/h6,8,10,13,18H,7,9,11H2,1-5H3. The van der Waals surface area contributed by atoms with Crippen molar-refractivity contribution >= 4 is 11.7 Å². The summed E-state index contributed by atoms with van der Waals surface area (Å²) in [6, 6.07) is 3.97. The lowest BCUT2D eigenvalue weighted by molar-refractivity contribution is -0.133. The van der Waals surface area contributed by atoms with Crippen molar-refractivity contribution < 1.29 is 4.79 Å². The first-order valence-electron chi connectivity index (χ1n) is 7.46. The van der Waals surface area contributed by atoms with E-state index in [0.717, 1.165) is 24.3 Å². The molecule has 1 unspecified atom stereocenters. The number of likely N-dealkylation sites (tertiary alicyclic amines) is 1. The summed E-state index contributed by atoms with van der Waals surface area (Å²) < 4.78 is 0. The van der Waals surface area contributed by atoms with E-state index < -0.39 is 0 Å². The highest BCUT2D eigenvalue weighted by molar-refractivity contribution is 5.84. The van der Waals surface area contributed by atoms with E-state index in [9.17, 15) is 4.79 Å². The first-order chi connectivity index (χ1) is 9.79. The summed E-state index contributed by atoms with van der Waals surface area (Å²) in [6.07, 6.45) is 2.69. The van der Waals surface area contributed by atoms with Gasteiger partial charge in [0, 0.05) is 38.9 Å². The van der Waals surface area contributed by atoms with Gasteiger partial charge in [0.05, 0.1) is 6.04 Å². The van der Waals surface area contributed by atoms with Crippen molar-refractivity contribution in [1.82, 2.24) is 15.2 Å². The maximum absolute atomic E-state index is 12.4. The summed E-state index contributed by atoms with van der Waals surface area (Å²) in [5.41, 5.74) is 1.05. The number of hydrogen-bond acceptors (Lipinski definition) is 4. The molecule has 2 heterocycles. The van der Waals surface area contributed by atoms with Crippen LogP contribution in [0.15, 0.2) is 18.3 Å². The fourth-order valence-electron chi connectivity index (χ4n) is 2.59. The van der Waals surface area contributed by atoms with Gasteiger partial charge in [-0.05, 0) is 44.9 Å². The largest absolute Gasteiger partial charge is 0.363 e. The van der Waals surface area contributed by atoms with E-state index in [4.69, 9.17) is 0 Å². The quantitative estimate of drug-likeness (QED) is 0.916. The van der Waals surface area contributed by atoms with Crippen molar-refractivity contribution in [1.29, 1.82) is 0 Å². The molecule has 1 atom stereocenters. The summed E-state index contributed by atoms with van der Waals surface area (Å²) in [6.45, 7) is 7.77. The molecule has 21 heavy (non-hydrogen) atoms. The van der Waals surface area contributed by atoms with Crippen LogP contribution in [0.4, 0.5) is 5.82 Å². The topological polar surface area (TPSA) is 48.5 Å². The third-order valence-electron chi connectivity index (χ3n) is 3.84. The first kappa shape index (κ1) is 15.8. The van der Waals surface area contributed by atoms with E-state index in [-0.39, 0.29) is 17.5 Å². The van der Waals surface area contributed by atoms with Crippen LogP contribution < -0.4 is 10.2 Å². The second-order valence-electron chi connectivity index (χ2n) is 6.80. The van der Waals surface area contributed by atoms with Gasteiger partial charge in [-0.15, -0.1) is 0 Å². The van der Waals surface area contributed by atoms with Gasteiger partial charge in [0.25, 0.3) is 0 Å². The van der Waals surface area contributed by atoms with Gasteiger partial charge in [0.15, 0.2) is 0 Å². The molecule has 2 rings (SSSR count). The number of carbonyl (C=O) groups excluding carboxylic acids is 1. The van der Waals surface area contributed by atoms with Crippen molar-refractivity contribution in [2.75, 3.05) is 25.5 Å². The molecule has 1 aromatic rings. The molecular formula is C16H26N4O. The van der Waals surface area contributed by atoms with Crippen LogP contribution in [-0.4, -0.2) is 48.0 Å². The van der Waals surface area contributed by atoms with Crippen LogP contribution in [0.1, 0.15) is 32.8 Å². The van der Waals surface area contributed by atoms with Gasteiger partial charge >= 0.3 is 0 Å². The smallest absolute Gasteiger partial charge is 0.240 e. The Morgan fingerprint density at radius 1 is 1.43 bits per heavy atom. The fourth-order valence-corrected chi connectivity index (χ4v) is 2.59. The highest BCUT2D eigenvalue weighted by Crippen LogP contribution is 2.22. The molecule has 1 amide bonds. The number of pyridine rings is 1. The molecule has 1 aromatic heterocycles. The third-order valence-corrected chi connectivity index (χ3v) is 3.84. The van der Waals surface area contributed by atoms with Crippen molar-refractivity contribution in [3.63, 3.8) is 0 Å². The minimum Gasteiger partial charge on any atom is -0.363 e. The number of nitrogens with zero attached hydrogens (tertiary/aromatic N) is 3. The summed E-state index contributed by atoms with van der Waals surface area (Å²) in [4.78, 5) is 20.6. The predicted molar refractivity (Wildman–Crippen MR) is 85.3 cm³/mol. The summed E-state index contributed by atoms with van der Waals surface area (Å²) in [7, 11) is 3.95. The monoisotopic (exact) mass is 290 g/mol. The summed E-state index contributed by atoms with van der Waals surface area (Å²) in [5.74, 6) is 1.15. The van der Waals surface area contributed by atoms with Crippen LogP contribution in [0.5, 0.6) is 0 Å². The molecule has 116 valence electrons. The van der Waals surface area contributed by atoms with Gasteiger partial charge in [-0.2, -0.15) is 0 Å². The average molecular weight is 290 g/mol. The van der Waals surface area contributed by atoms with Gasteiger partial charge in [0.1, 0.15) is 5.82 Å². The number of rotatable bonds is 4. The minimum atomic E-state index is -0.0950. The zero-order valence-electron chi connectivity index (χ0n) is 13.7. The van der Waals surface area contributed by atoms with Crippen LogP contribution in [-0.2, 0) is 11.3 Å². The third kappa shape index (κ3) is 3.73. The van der Waals surface area contributed by atoms with Crippen molar-refractivity contribution in [2.24, 2.45) is 0 Å². The molecule has 0 saturated carbocycles. The number of carbonyl (C=O) groups is 1. The van der Waals surface area contributed by atoms with E-state index in [2.05, 4.69) is 31.1 Å². The van der Waals surface area contributed by atoms with Gasteiger partial charge in [0.2, 0.25) is 5.91 Å². The summed E-state index contributed by atoms with van der Waals surface area (Å²) >= 11 is 0. The van der Waals surface area contributed by atoms with Gasteiger partial charge in [-0.25, -0.2) is 4.98 Å². The van der Waals surface area contributed by atoms with Crippen LogP contribution >= 0.6 is 0 Å². The molecule has 0 spiro atoms. The second-order valence-corrected chi connectivity index (χ2v) is 6.80. The lowest BCUT2D eigenvalue weighted by Gasteiger charge is -2.32. The van der Waals surface area contributed by atoms with E-state index in [0.29, 0.717) is 6.54 Å². The minimum absolute atomic E-state index is 0.0693. The van der Waals surface area contributed by atoms with E-state index in [1.807, 2.05) is 42.2 Å². The highest BCUT2D eigenvalue weighted by atomic mass is 16.2. The number of amides is 1. The molecule has 0 bridgehead atoms. The fraction of sp³-hybridized carbons (Fsp3) is 0.625. The van der Waals surface area contributed by atoms with E-state index >= 15 is 0 Å². The lowest BCUT2D eigenvalue weighted by Crippen LogP contribution is -2.46. The lowest BCUT2D eigenvalue weighted by atomic mass is 10.1. The average Bonchev–Trinajstić information content (AvgIpc) is 2.78. The van der Waals surface area contributed by atoms with Crippen molar-refractivity contribution in [3.05, 3.63) is 23.9 Å². The van der Waals surface area contributed by atoms with Gasteiger partial charge in [-0.1, -0.05) is 0 Å². The van der Waals surface area contributed by atoms with E-state index in [1.54, 1.807) is 0 Å². The zero-order valence-corrected chi connectivity index (χ0v) is 13.7. The van der Waals surface area contributed by atoms with Crippen LogP contribution in [0.3, 0.4) is 0 Å². The van der Waals surface area contributed by atoms with Crippen molar-refractivity contribution in [3.8, 4) is 0 Å².